The van der Waals surface area contributed by atoms with Crippen LogP contribution in [0.15, 0.2) is 24.3 Å². The molecule has 0 fully saturated rings. The summed E-state index contributed by atoms with van der Waals surface area (Å²) < 4.78 is 15.4. The number of nitrogens with zero attached hydrogens (tertiary/aromatic N) is 1. The van der Waals surface area contributed by atoms with E-state index in [2.05, 4.69) is 5.32 Å². The summed E-state index contributed by atoms with van der Waals surface area (Å²) in [6.45, 7) is 3.60. The van der Waals surface area contributed by atoms with Crippen molar-refractivity contribution in [2.45, 2.75) is 6.54 Å². The predicted molar refractivity (Wildman–Crippen MR) is 72.0 cm³/mol. The Morgan fingerprint density at radius 3 is 2.63 bits per heavy atom. The fourth-order valence-electron chi connectivity index (χ4n) is 1.44. The molecule has 104 valence electrons. The average Bonchev–Trinajstić information content (AvgIpc) is 2.45. The number of ether oxygens (including phenoxy) is 3. The van der Waals surface area contributed by atoms with Gasteiger partial charge in [-0.1, -0.05) is 12.1 Å². The van der Waals surface area contributed by atoms with E-state index < -0.39 is 0 Å². The van der Waals surface area contributed by atoms with E-state index in [1.807, 2.05) is 30.3 Å². The maximum Gasteiger partial charge on any atom is 0.174 e. The molecule has 0 amide bonds. The van der Waals surface area contributed by atoms with Crippen LogP contribution in [0, 0.1) is 11.3 Å². The minimum absolute atomic E-state index is 0.0798. The molecule has 0 atom stereocenters. The minimum Gasteiger partial charge on any atom is -0.479 e. The van der Waals surface area contributed by atoms with E-state index in [1.165, 1.54) is 5.56 Å². The van der Waals surface area contributed by atoms with Crippen LogP contribution in [-0.4, -0.2) is 40.1 Å². The van der Waals surface area contributed by atoms with E-state index in [1.54, 1.807) is 7.11 Å². The van der Waals surface area contributed by atoms with E-state index in [0.29, 0.717) is 25.6 Å². The van der Waals surface area contributed by atoms with Gasteiger partial charge in [-0.05, 0) is 17.7 Å². The fraction of sp³-hybridized carbons (Fsp3) is 0.500. The Morgan fingerprint density at radius 2 is 1.95 bits per heavy atom. The SMILES string of the molecule is COCCOCCNCc1ccc(OCC#N)cc1. The molecule has 0 aliphatic heterocycles. The van der Waals surface area contributed by atoms with Gasteiger partial charge in [0.2, 0.25) is 0 Å². The molecule has 0 aliphatic rings. The number of hydrogen-bond acceptors (Lipinski definition) is 5. The van der Waals surface area contributed by atoms with Gasteiger partial charge in [0.05, 0.1) is 19.8 Å². The molecule has 0 spiro atoms. The number of benzene rings is 1. The molecule has 0 aromatic heterocycles. The third-order valence-electron chi connectivity index (χ3n) is 2.41. The van der Waals surface area contributed by atoms with Crippen LogP contribution >= 0.6 is 0 Å². The monoisotopic (exact) mass is 264 g/mol. The molecule has 19 heavy (non-hydrogen) atoms. The van der Waals surface area contributed by atoms with Crippen molar-refractivity contribution in [2.24, 2.45) is 0 Å². The first kappa shape index (κ1) is 15.4. The smallest absolute Gasteiger partial charge is 0.174 e. The van der Waals surface area contributed by atoms with Gasteiger partial charge in [-0.3, -0.25) is 0 Å². The molecule has 0 saturated carbocycles. The summed E-state index contributed by atoms with van der Waals surface area (Å²) in [5.41, 5.74) is 1.17. The van der Waals surface area contributed by atoms with Gasteiger partial charge in [-0.2, -0.15) is 5.26 Å². The Kier molecular flexibility index (Phi) is 8.39. The van der Waals surface area contributed by atoms with Crippen LogP contribution in [0.25, 0.3) is 0 Å². The molecule has 1 aromatic rings. The molecule has 5 heteroatoms. The van der Waals surface area contributed by atoms with Crippen molar-refractivity contribution in [1.29, 1.82) is 5.26 Å². The summed E-state index contributed by atoms with van der Waals surface area (Å²) in [7, 11) is 1.66. The molecule has 0 saturated heterocycles. The number of methoxy groups -OCH3 is 1. The maximum absolute atomic E-state index is 8.40. The van der Waals surface area contributed by atoms with Gasteiger partial charge in [-0.25, -0.2) is 0 Å². The van der Waals surface area contributed by atoms with Crippen molar-refractivity contribution in [2.75, 3.05) is 40.1 Å². The highest BCUT2D eigenvalue weighted by Crippen LogP contribution is 2.11. The molecule has 0 radical (unpaired) electrons. The molecule has 0 heterocycles. The van der Waals surface area contributed by atoms with Gasteiger partial charge in [0.25, 0.3) is 0 Å². The van der Waals surface area contributed by atoms with Crippen molar-refractivity contribution >= 4 is 0 Å². The molecule has 0 unspecified atom stereocenters. The summed E-state index contributed by atoms with van der Waals surface area (Å²) >= 11 is 0. The normalized spacial score (nSPS) is 10.1. The predicted octanol–water partition coefficient (Wildman–Crippen LogP) is 1.34. The standard InChI is InChI=1S/C14H20N2O3/c1-17-10-11-18-9-7-16-12-13-2-4-14(5-3-13)19-8-6-15/h2-5,16H,7-12H2,1H3. The van der Waals surface area contributed by atoms with E-state index in [9.17, 15) is 0 Å². The molecular formula is C14H20N2O3. The number of hydrogen-bond donors (Lipinski definition) is 1. The maximum atomic E-state index is 8.40. The van der Waals surface area contributed by atoms with Crippen LogP contribution in [0.4, 0.5) is 0 Å². The van der Waals surface area contributed by atoms with Crippen molar-refractivity contribution in [3.63, 3.8) is 0 Å². The number of nitriles is 1. The van der Waals surface area contributed by atoms with Crippen LogP contribution in [0.5, 0.6) is 5.75 Å². The molecule has 5 nitrogen and oxygen atoms in total. The minimum atomic E-state index is 0.0798. The topological polar surface area (TPSA) is 63.5 Å². The van der Waals surface area contributed by atoms with E-state index in [-0.39, 0.29) is 6.61 Å². The Labute approximate surface area is 114 Å². The molecular weight excluding hydrogens is 244 g/mol. The Bertz CT molecular complexity index is 373. The van der Waals surface area contributed by atoms with Crippen LogP contribution in [-0.2, 0) is 16.0 Å². The van der Waals surface area contributed by atoms with Gasteiger partial charge in [0.1, 0.15) is 11.8 Å². The first-order valence-corrected chi connectivity index (χ1v) is 6.23. The summed E-state index contributed by atoms with van der Waals surface area (Å²) in [6, 6.07) is 9.62. The lowest BCUT2D eigenvalue weighted by Crippen LogP contribution is -2.20. The van der Waals surface area contributed by atoms with Crippen molar-refractivity contribution in [1.82, 2.24) is 5.32 Å². The first-order chi connectivity index (χ1) is 9.36. The quantitative estimate of drug-likeness (QED) is 0.646. The van der Waals surface area contributed by atoms with Gasteiger partial charge >= 0.3 is 0 Å². The van der Waals surface area contributed by atoms with Crippen molar-refractivity contribution in [3.8, 4) is 11.8 Å². The largest absolute Gasteiger partial charge is 0.479 e. The molecule has 1 N–H and O–H groups in total. The van der Waals surface area contributed by atoms with Crippen LogP contribution in [0.2, 0.25) is 0 Å². The Hall–Kier alpha value is -1.61. The zero-order valence-corrected chi connectivity index (χ0v) is 11.2. The van der Waals surface area contributed by atoms with E-state index in [0.717, 1.165) is 13.1 Å². The lowest BCUT2D eigenvalue weighted by molar-refractivity contribution is 0.0719. The van der Waals surface area contributed by atoms with Crippen LogP contribution in [0.3, 0.4) is 0 Å². The Balaban J connectivity index is 2.11. The second-order valence-corrected chi connectivity index (χ2v) is 3.87. The molecule has 0 aliphatic carbocycles. The number of nitrogens with one attached hydrogen (secondary N) is 1. The summed E-state index contributed by atoms with van der Waals surface area (Å²) in [4.78, 5) is 0. The number of rotatable bonds is 10. The van der Waals surface area contributed by atoms with E-state index in [4.69, 9.17) is 19.5 Å². The second-order valence-electron chi connectivity index (χ2n) is 3.87. The summed E-state index contributed by atoms with van der Waals surface area (Å²) in [6.07, 6.45) is 0. The third kappa shape index (κ3) is 7.42. The lowest BCUT2D eigenvalue weighted by Gasteiger charge is -2.07. The Morgan fingerprint density at radius 1 is 1.16 bits per heavy atom. The van der Waals surface area contributed by atoms with Crippen LogP contribution < -0.4 is 10.1 Å². The zero-order chi connectivity index (χ0) is 13.8. The second kappa shape index (κ2) is 10.3. The van der Waals surface area contributed by atoms with Gasteiger partial charge in [-0.15, -0.1) is 0 Å². The third-order valence-corrected chi connectivity index (χ3v) is 2.41. The summed E-state index contributed by atoms with van der Waals surface area (Å²) in [5.74, 6) is 0.716. The average molecular weight is 264 g/mol. The van der Waals surface area contributed by atoms with Gasteiger partial charge in [0, 0.05) is 20.2 Å². The highest BCUT2D eigenvalue weighted by atomic mass is 16.5. The zero-order valence-electron chi connectivity index (χ0n) is 11.2. The molecule has 0 bridgehead atoms. The summed E-state index contributed by atoms with van der Waals surface area (Å²) in [5, 5.41) is 11.7. The molecule has 1 rings (SSSR count). The molecule has 1 aromatic carbocycles. The highest BCUT2D eigenvalue weighted by molar-refractivity contribution is 5.27. The van der Waals surface area contributed by atoms with Crippen LogP contribution in [0.1, 0.15) is 5.56 Å². The van der Waals surface area contributed by atoms with Crippen molar-refractivity contribution < 1.29 is 14.2 Å². The lowest BCUT2D eigenvalue weighted by atomic mass is 10.2. The fourth-order valence-corrected chi connectivity index (χ4v) is 1.44. The van der Waals surface area contributed by atoms with Crippen molar-refractivity contribution in [3.05, 3.63) is 29.8 Å². The highest BCUT2D eigenvalue weighted by Gasteiger charge is 1.95. The van der Waals surface area contributed by atoms with Gasteiger partial charge in [0.15, 0.2) is 6.61 Å². The first-order valence-electron chi connectivity index (χ1n) is 6.23. The van der Waals surface area contributed by atoms with E-state index >= 15 is 0 Å². The van der Waals surface area contributed by atoms with Gasteiger partial charge < -0.3 is 19.5 Å².